The summed E-state index contributed by atoms with van der Waals surface area (Å²) in [6.45, 7) is 5.95. The normalized spacial score (nSPS) is 17.6. The molecule has 27 heavy (non-hydrogen) atoms. The number of carbonyl (C=O) groups excluding carboxylic acids is 2. The predicted octanol–water partition coefficient (Wildman–Crippen LogP) is 1.62. The van der Waals surface area contributed by atoms with Gasteiger partial charge in [0.15, 0.2) is 0 Å². The SMILES string of the molecule is CCc1c(C)nn(C)c1NC(=O)C[C@H]1C(=O)NCCN1Cc1ccccc1. The van der Waals surface area contributed by atoms with Gasteiger partial charge < -0.3 is 10.6 Å². The van der Waals surface area contributed by atoms with E-state index in [0.29, 0.717) is 18.9 Å². The van der Waals surface area contributed by atoms with Gasteiger partial charge in [0.25, 0.3) is 0 Å². The van der Waals surface area contributed by atoms with E-state index in [1.165, 1.54) is 0 Å². The molecule has 144 valence electrons. The summed E-state index contributed by atoms with van der Waals surface area (Å²) in [5.74, 6) is 0.447. The molecule has 2 aromatic rings. The smallest absolute Gasteiger partial charge is 0.237 e. The van der Waals surface area contributed by atoms with Crippen LogP contribution in [-0.2, 0) is 29.6 Å². The topological polar surface area (TPSA) is 79.3 Å². The number of aryl methyl sites for hydroxylation is 2. The van der Waals surface area contributed by atoms with Crippen molar-refractivity contribution in [3.63, 3.8) is 0 Å². The zero-order valence-electron chi connectivity index (χ0n) is 16.2. The maximum absolute atomic E-state index is 12.7. The van der Waals surface area contributed by atoms with E-state index in [1.807, 2.05) is 51.2 Å². The average Bonchev–Trinajstić information content (AvgIpc) is 2.91. The van der Waals surface area contributed by atoms with Crippen LogP contribution in [-0.4, -0.2) is 45.6 Å². The summed E-state index contributed by atoms with van der Waals surface area (Å²) in [5, 5.41) is 10.2. The highest BCUT2D eigenvalue weighted by Gasteiger charge is 2.32. The van der Waals surface area contributed by atoms with Crippen molar-refractivity contribution in [2.45, 2.75) is 39.3 Å². The number of nitrogens with one attached hydrogen (secondary N) is 2. The number of nitrogens with zero attached hydrogens (tertiary/aromatic N) is 3. The van der Waals surface area contributed by atoms with Crippen LogP contribution < -0.4 is 10.6 Å². The molecular weight excluding hydrogens is 342 g/mol. The number of hydrogen-bond acceptors (Lipinski definition) is 4. The first kappa shape index (κ1) is 19.1. The van der Waals surface area contributed by atoms with E-state index < -0.39 is 6.04 Å². The summed E-state index contributed by atoms with van der Waals surface area (Å²) >= 11 is 0. The Kier molecular flexibility index (Phi) is 5.91. The lowest BCUT2D eigenvalue weighted by Crippen LogP contribution is -2.55. The van der Waals surface area contributed by atoms with Gasteiger partial charge in [0.05, 0.1) is 18.2 Å². The second-order valence-corrected chi connectivity index (χ2v) is 6.90. The molecule has 2 amide bonds. The first-order valence-corrected chi connectivity index (χ1v) is 9.37. The van der Waals surface area contributed by atoms with Crippen LogP contribution in [0.5, 0.6) is 0 Å². The Morgan fingerprint density at radius 3 is 2.78 bits per heavy atom. The van der Waals surface area contributed by atoms with Gasteiger partial charge in [0.2, 0.25) is 11.8 Å². The first-order valence-electron chi connectivity index (χ1n) is 9.37. The van der Waals surface area contributed by atoms with Crippen molar-refractivity contribution < 1.29 is 9.59 Å². The Balaban J connectivity index is 1.71. The van der Waals surface area contributed by atoms with Crippen molar-refractivity contribution in [2.75, 3.05) is 18.4 Å². The zero-order valence-corrected chi connectivity index (χ0v) is 16.2. The summed E-state index contributed by atoms with van der Waals surface area (Å²) in [5.41, 5.74) is 3.07. The van der Waals surface area contributed by atoms with Crippen LogP contribution in [0.15, 0.2) is 30.3 Å². The molecular formula is C20H27N5O2. The van der Waals surface area contributed by atoms with Gasteiger partial charge in [-0.25, -0.2) is 0 Å². The number of piperazine rings is 1. The van der Waals surface area contributed by atoms with Crippen LogP contribution >= 0.6 is 0 Å². The van der Waals surface area contributed by atoms with Gasteiger partial charge in [-0.1, -0.05) is 37.3 Å². The minimum Gasteiger partial charge on any atom is -0.353 e. The molecule has 0 bridgehead atoms. The van der Waals surface area contributed by atoms with Crippen LogP contribution in [0.4, 0.5) is 5.82 Å². The summed E-state index contributed by atoms with van der Waals surface area (Å²) in [6, 6.07) is 9.54. The number of aromatic nitrogens is 2. The summed E-state index contributed by atoms with van der Waals surface area (Å²) in [7, 11) is 1.82. The fourth-order valence-corrected chi connectivity index (χ4v) is 3.63. The minimum absolute atomic E-state index is 0.0933. The highest BCUT2D eigenvalue weighted by Crippen LogP contribution is 2.20. The molecule has 0 radical (unpaired) electrons. The minimum atomic E-state index is -0.474. The largest absolute Gasteiger partial charge is 0.353 e. The highest BCUT2D eigenvalue weighted by molar-refractivity contribution is 5.95. The fourth-order valence-electron chi connectivity index (χ4n) is 3.63. The molecule has 1 atom stereocenters. The first-order chi connectivity index (χ1) is 13.0. The van der Waals surface area contributed by atoms with Crippen LogP contribution in [0.1, 0.15) is 30.2 Å². The van der Waals surface area contributed by atoms with Crippen molar-refractivity contribution >= 4 is 17.6 Å². The van der Waals surface area contributed by atoms with Gasteiger partial charge >= 0.3 is 0 Å². The van der Waals surface area contributed by atoms with Crippen molar-refractivity contribution in [3.05, 3.63) is 47.2 Å². The Morgan fingerprint density at radius 2 is 2.07 bits per heavy atom. The lowest BCUT2D eigenvalue weighted by atomic mass is 10.1. The Hall–Kier alpha value is -2.67. The zero-order chi connectivity index (χ0) is 19.4. The van der Waals surface area contributed by atoms with Gasteiger partial charge in [-0.2, -0.15) is 5.10 Å². The summed E-state index contributed by atoms with van der Waals surface area (Å²) < 4.78 is 1.69. The van der Waals surface area contributed by atoms with Gasteiger partial charge in [-0.15, -0.1) is 0 Å². The molecule has 2 heterocycles. The van der Waals surface area contributed by atoms with E-state index >= 15 is 0 Å². The van der Waals surface area contributed by atoms with Gasteiger partial charge in [0, 0.05) is 32.2 Å². The van der Waals surface area contributed by atoms with E-state index in [1.54, 1.807) is 4.68 Å². The predicted molar refractivity (Wildman–Crippen MR) is 104 cm³/mol. The number of benzene rings is 1. The molecule has 1 aromatic heterocycles. The van der Waals surface area contributed by atoms with Crippen LogP contribution in [0.3, 0.4) is 0 Å². The molecule has 1 aliphatic rings. The van der Waals surface area contributed by atoms with Crippen molar-refractivity contribution in [2.24, 2.45) is 7.05 Å². The molecule has 1 saturated heterocycles. The Morgan fingerprint density at radius 1 is 1.33 bits per heavy atom. The third-order valence-corrected chi connectivity index (χ3v) is 5.01. The quantitative estimate of drug-likeness (QED) is 0.811. The number of rotatable bonds is 6. The van der Waals surface area contributed by atoms with Crippen molar-refractivity contribution in [1.82, 2.24) is 20.0 Å². The van der Waals surface area contributed by atoms with Gasteiger partial charge in [0.1, 0.15) is 5.82 Å². The number of hydrogen-bond donors (Lipinski definition) is 2. The van der Waals surface area contributed by atoms with Crippen LogP contribution in [0.25, 0.3) is 0 Å². The lowest BCUT2D eigenvalue weighted by Gasteiger charge is -2.34. The van der Waals surface area contributed by atoms with Gasteiger partial charge in [-0.05, 0) is 18.9 Å². The summed E-state index contributed by atoms with van der Waals surface area (Å²) in [6.07, 6.45) is 0.908. The second-order valence-electron chi connectivity index (χ2n) is 6.90. The molecule has 1 aliphatic heterocycles. The maximum Gasteiger partial charge on any atom is 0.237 e. The number of anilines is 1. The van der Waals surface area contributed by atoms with Crippen molar-refractivity contribution in [3.8, 4) is 0 Å². The fraction of sp³-hybridized carbons (Fsp3) is 0.450. The maximum atomic E-state index is 12.7. The van der Waals surface area contributed by atoms with E-state index in [2.05, 4.69) is 20.6 Å². The molecule has 1 aromatic carbocycles. The molecule has 0 unspecified atom stereocenters. The van der Waals surface area contributed by atoms with E-state index in [4.69, 9.17) is 0 Å². The standard InChI is InChI=1S/C20H27N5O2/c1-4-16-14(2)23-24(3)19(16)22-18(26)12-17-20(27)21-10-11-25(17)13-15-8-6-5-7-9-15/h5-9,17H,4,10-13H2,1-3H3,(H,21,27)(H,22,26)/t17-/m0/s1. The van der Waals surface area contributed by atoms with E-state index in [-0.39, 0.29) is 18.2 Å². The van der Waals surface area contributed by atoms with Gasteiger partial charge in [-0.3, -0.25) is 19.2 Å². The Labute approximate surface area is 159 Å². The highest BCUT2D eigenvalue weighted by atomic mass is 16.2. The molecule has 0 aliphatic carbocycles. The van der Waals surface area contributed by atoms with E-state index in [9.17, 15) is 9.59 Å². The third kappa shape index (κ3) is 4.36. The molecule has 7 nitrogen and oxygen atoms in total. The van der Waals surface area contributed by atoms with Crippen molar-refractivity contribution in [1.29, 1.82) is 0 Å². The average molecular weight is 369 g/mol. The summed E-state index contributed by atoms with van der Waals surface area (Å²) in [4.78, 5) is 27.2. The molecule has 7 heteroatoms. The van der Waals surface area contributed by atoms with Crippen LogP contribution in [0.2, 0.25) is 0 Å². The molecule has 0 saturated carbocycles. The monoisotopic (exact) mass is 369 g/mol. The molecule has 1 fully saturated rings. The lowest BCUT2D eigenvalue weighted by molar-refractivity contribution is -0.132. The van der Waals surface area contributed by atoms with E-state index in [0.717, 1.165) is 29.8 Å². The molecule has 3 rings (SSSR count). The Bertz CT molecular complexity index is 815. The number of amides is 2. The second kappa shape index (κ2) is 8.35. The molecule has 2 N–H and O–H groups in total. The molecule has 0 spiro atoms. The number of carbonyl (C=O) groups is 2. The van der Waals surface area contributed by atoms with Crippen LogP contribution in [0, 0.1) is 6.92 Å². The third-order valence-electron chi connectivity index (χ3n) is 5.01.